The molecule has 1 atom stereocenters. The molecule has 1 aliphatic heterocycles. The maximum atomic E-state index is 12.9. The number of ether oxygens (including phenoxy) is 2. The number of carbonyl (C=O) groups excluding carboxylic acids is 1. The predicted octanol–water partition coefficient (Wildman–Crippen LogP) is 3.12. The number of rotatable bonds is 6. The topological polar surface area (TPSA) is 50.8 Å². The fraction of sp³-hybridized carbons (Fsp3) is 0.409. The summed E-state index contributed by atoms with van der Waals surface area (Å²) >= 11 is 0. The van der Waals surface area contributed by atoms with E-state index in [1.807, 2.05) is 19.1 Å². The lowest BCUT2D eigenvalue weighted by Gasteiger charge is -2.31. The molecule has 2 aromatic carbocycles. The molecule has 0 saturated carbocycles. The Morgan fingerprint density at radius 2 is 1.85 bits per heavy atom. The Bertz CT molecular complexity index is 768. The van der Waals surface area contributed by atoms with Crippen LogP contribution in [-0.2, 0) is 4.74 Å². The van der Waals surface area contributed by atoms with Crippen LogP contribution < -0.4 is 10.1 Å². The summed E-state index contributed by atoms with van der Waals surface area (Å²) < 4.78 is 10.8. The smallest absolute Gasteiger partial charge is 0.251 e. The number of benzene rings is 2. The van der Waals surface area contributed by atoms with Crippen LogP contribution in [0.1, 0.15) is 33.1 Å². The molecular formula is C22H28N2O3. The van der Waals surface area contributed by atoms with Crippen molar-refractivity contribution in [1.82, 2.24) is 10.2 Å². The summed E-state index contributed by atoms with van der Waals surface area (Å²) in [5, 5.41) is 3.21. The molecule has 1 N–H and O–H groups in total. The van der Waals surface area contributed by atoms with Gasteiger partial charge in [0.25, 0.3) is 5.91 Å². The molecule has 1 saturated heterocycles. The number of nitrogens with zero attached hydrogens (tertiary/aromatic N) is 1. The first-order valence-electron chi connectivity index (χ1n) is 9.39. The van der Waals surface area contributed by atoms with E-state index >= 15 is 0 Å². The summed E-state index contributed by atoms with van der Waals surface area (Å²) in [7, 11) is 1.62. The van der Waals surface area contributed by atoms with Gasteiger partial charge in [-0.05, 0) is 37.1 Å². The molecule has 1 fully saturated rings. The maximum absolute atomic E-state index is 12.9. The van der Waals surface area contributed by atoms with Gasteiger partial charge in [-0.2, -0.15) is 0 Å². The van der Waals surface area contributed by atoms with Crippen LogP contribution in [-0.4, -0.2) is 50.8 Å². The number of amides is 1. The van der Waals surface area contributed by atoms with Gasteiger partial charge >= 0.3 is 0 Å². The molecule has 1 unspecified atom stereocenters. The van der Waals surface area contributed by atoms with Crippen LogP contribution in [0.5, 0.6) is 5.75 Å². The first-order valence-corrected chi connectivity index (χ1v) is 9.39. The number of morpholine rings is 1. The second-order valence-electron chi connectivity index (χ2n) is 7.03. The Labute approximate surface area is 161 Å². The molecule has 3 rings (SSSR count). The molecule has 1 aliphatic rings. The second kappa shape index (κ2) is 9.02. The molecule has 1 amide bonds. The summed E-state index contributed by atoms with van der Waals surface area (Å²) in [4.78, 5) is 15.2. The molecule has 2 aromatic rings. The van der Waals surface area contributed by atoms with Crippen LogP contribution in [0.4, 0.5) is 0 Å². The normalized spacial score (nSPS) is 16.0. The zero-order chi connectivity index (χ0) is 19.2. The van der Waals surface area contributed by atoms with E-state index in [0.717, 1.165) is 49.7 Å². The van der Waals surface area contributed by atoms with Crippen molar-refractivity contribution in [2.24, 2.45) is 0 Å². The molecule has 0 radical (unpaired) electrons. The average molecular weight is 368 g/mol. The zero-order valence-electron chi connectivity index (χ0n) is 16.3. The first-order chi connectivity index (χ1) is 13.1. The van der Waals surface area contributed by atoms with Crippen molar-refractivity contribution >= 4 is 5.91 Å². The summed E-state index contributed by atoms with van der Waals surface area (Å²) in [6, 6.07) is 13.8. The van der Waals surface area contributed by atoms with Crippen LogP contribution >= 0.6 is 0 Å². The van der Waals surface area contributed by atoms with E-state index in [0.29, 0.717) is 5.56 Å². The third-order valence-electron chi connectivity index (χ3n) is 5.00. The summed E-state index contributed by atoms with van der Waals surface area (Å²) in [5.74, 6) is 0.634. The van der Waals surface area contributed by atoms with E-state index in [9.17, 15) is 4.79 Å². The van der Waals surface area contributed by atoms with Crippen molar-refractivity contribution in [1.29, 1.82) is 0 Å². The maximum Gasteiger partial charge on any atom is 0.251 e. The molecule has 0 aromatic heterocycles. The predicted molar refractivity (Wildman–Crippen MR) is 106 cm³/mol. The summed E-state index contributed by atoms with van der Waals surface area (Å²) in [6.45, 7) is 8.05. The number of hydrogen-bond acceptors (Lipinski definition) is 4. The van der Waals surface area contributed by atoms with Gasteiger partial charge in [-0.25, -0.2) is 0 Å². The monoisotopic (exact) mass is 368 g/mol. The molecule has 1 heterocycles. The molecule has 0 spiro atoms. The lowest BCUT2D eigenvalue weighted by Crippen LogP contribution is -2.43. The van der Waals surface area contributed by atoms with E-state index in [1.165, 1.54) is 5.56 Å². The lowest BCUT2D eigenvalue weighted by molar-refractivity contribution is 0.0332. The van der Waals surface area contributed by atoms with Gasteiger partial charge in [0, 0.05) is 25.2 Å². The van der Waals surface area contributed by atoms with Gasteiger partial charge in [-0.15, -0.1) is 0 Å². The number of carbonyl (C=O) groups is 1. The van der Waals surface area contributed by atoms with Crippen molar-refractivity contribution in [2.75, 3.05) is 40.0 Å². The van der Waals surface area contributed by atoms with E-state index in [2.05, 4.69) is 41.4 Å². The van der Waals surface area contributed by atoms with Gasteiger partial charge in [0.2, 0.25) is 0 Å². The Morgan fingerprint density at radius 3 is 2.52 bits per heavy atom. The molecule has 27 heavy (non-hydrogen) atoms. The lowest BCUT2D eigenvalue weighted by atomic mass is 10.0. The summed E-state index contributed by atoms with van der Waals surface area (Å²) in [5.41, 5.74) is 3.94. The van der Waals surface area contributed by atoms with Gasteiger partial charge < -0.3 is 14.8 Å². The van der Waals surface area contributed by atoms with Gasteiger partial charge in [0.05, 0.1) is 26.4 Å². The highest BCUT2D eigenvalue weighted by atomic mass is 16.5. The van der Waals surface area contributed by atoms with Gasteiger partial charge in [0.1, 0.15) is 5.75 Å². The van der Waals surface area contributed by atoms with Gasteiger partial charge in [-0.3, -0.25) is 9.69 Å². The molecule has 5 heteroatoms. The van der Waals surface area contributed by atoms with E-state index < -0.39 is 0 Å². The third kappa shape index (κ3) is 5.08. The average Bonchev–Trinajstić information content (AvgIpc) is 2.69. The van der Waals surface area contributed by atoms with Crippen molar-refractivity contribution in [3.8, 4) is 5.75 Å². The minimum absolute atomic E-state index is 0.0801. The fourth-order valence-electron chi connectivity index (χ4n) is 3.28. The molecular weight excluding hydrogens is 340 g/mol. The Balaban J connectivity index is 1.79. The highest BCUT2D eigenvalue weighted by molar-refractivity contribution is 5.95. The molecule has 144 valence electrons. The van der Waals surface area contributed by atoms with Crippen molar-refractivity contribution in [3.05, 3.63) is 64.7 Å². The number of nitrogens with one attached hydrogen (secondary N) is 1. The van der Waals surface area contributed by atoms with Gasteiger partial charge in [0.15, 0.2) is 0 Å². The second-order valence-corrected chi connectivity index (χ2v) is 7.03. The quantitative estimate of drug-likeness (QED) is 0.851. The van der Waals surface area contributed by atoms with Crippen LogP contribution in [0.15, 0.2) is 42.5 Å². The Hall–Kier alpha value is -2.37. The molecule has 0 aliphatic carbocycles. The number of aryl methyl sites for hydroxylation is 2. The van der Waals surface area contributed by atoms with E-state index in [4.69, 9.17) is 9.47 Å². The van der Waals surface area contributed by atoms with Crippen LogP contribution in [0, 0.1) is 13.8 Å². The van der Waals surface area contributed by atoms with Crippen molar-refractivity contribution in [3.63, 3.8) is 0 Å². The number of hydrogen-bond donors (Lipinski definition) is 1. The van der Waals surface area contributed by atoms with E-state index in [1.54, 1.807) is 13.2 Å². The molecule has 0 bridgehead atoms. The highest BCUT2D eigenvalue weighted by Gasteiger charge is 2.21. The zero-order valence-corrected chi connectivity index (χ0v) is 16.3. The minimum atomic E-state index is -0.0906. The van der Waals surface area contributed by atoms with E-state index in [-0.39, 0.29) is 11.9 Å². The highest BCUT2D eigenvalue weighted by Crippen LogP contribution is 2.21. The van der Waals surface area contributed by atoms with Crippen molar-refractivity contribution in [2.45, 2.75) is 19.9 Å². The SMILES string of the molecule is COc1cc(C(=O)NC(CN2CCOCC2)c2ccc(C)cc2)ccc1C. The van der Waals surface area contributed by atoms with Crippen LogP contribution in [0.3, 0.4) is 0 Å². The minimum Gasteiger partial charge on any atom is -0.496 e. The largest absolute Gasteiger partial charge is 0.496 e. The van der Waals surface area contributed by atoms with Crippen LogP contribution in [0.25, 0.3) is 0 Å². The Kier molecular flexibility index (Phi) is 6.48. The van der Waals surface area contributed by atoms with Crippen molar-refractivity contribution < 1.29 is 14.3 Å². The number of methoxy groups -OCH3 is 1. The Morgan fingerprint density at radius 1 is 1.15 bits per heavy atom. The fourth-order valence-corrected chi connectivity index (χ4v) is 3.28. The summed E-state index contributed by atoms with van der Waals surface area (Å²) in [6.07, 6.45) is 0. The van der Waals surface area contributed by atoms with Crippen LogP contribution in [0.2, 0.25) is 0 Å². The van der Waals surface area contributed by atoms with Gasteiger partial charge in [-0.1, -0.05) is 35.9 Å². The first kappa shape index (κ1) is 19.4. The standard InChI is InChI=1S/C22H28N2O3/c1-16-4-7-18(8-5-16)20(15-24-10-12-27-13-11-24)23-22(25)19-9-6-17(2)21(14-19)26-3/h4-9,14,20H,10-13,15H2,1-3H3,(H,23,25). The molecule has 5 nitrogen and oxygen atoms in total. The third-order valence-corrected chi connectivity index (χ3v) is 5.00.